The summed E-state index contributed by atoms with van der Waals surface area (Å²) in [6.45, 7) is 1.89. The van der Waals surface area contributed by atoms with Crippen molar-refractivity contribution in [3.8, 4) is 5.13 Å². The number of rotatable bonds is 3. The number of anilines is 1. The van der Waals surface area contributed by atoms with Crippen molar-refractivity contribution in [2.75, 3.05) is 5.32 Å². The summed E-state index contributed by atoms with van der Waals surface area (Å²) in [5.74, 6) is 0.378. The number of nitrogens with zero attached hydrogens (tertiary/aromatic N) is 3. The van der Waals surface area contributed by atoms with Gasteiger partial charge in [0.2, 0.25) is 0 Å². The Morgan fingerprint density at radius 3 is 2.71 bits per heavy atom. The Bertz CT molecular complexity index is 1020. The van der Waals surface area contributed by atoms with Crippen LogP contribution < -0.4 is 5.32 Å². The fourth-order valence-corrected chi connectivity index (χ4v) is 3.40. The molecule has 0 fully saturated rings. The second-order valence-electron chi connectivity index (χ2n) is 5.39. The maximum Gasteiger partial charge on any atom is 0.256 e. The highest BCUT2D eigenvalue weighted by atomic mass is 32.1. The predicted molar refractivity (Wildman–Crippen MR) is 95.9 cm³/mol. The lowest BCUT2D eigenvalue weighted by Gasteiger charge is -2.05. The van der Waals surface area contributed by atoms with E-state index in [0.29, 0.717) is 11.4 Å². The van der Waals surface area contributed by atoms with Crippen molar-refractivity contribution in [2.24, 2.45) is 0 Å². The van der Waals surface area contributed by atoms with Crippen LogP contribution in [0.15, 0.2) is 60.9 Å². The summed E-state index contributed by atoms with van der Waals surface area (Å²) in [7, 11) is 0. The van der Waals surface area contributed by atoms with Gasteiger partial charge in [-0.3, -0.25) is 4.79 Å². The lowest BCUT2D eigenvalue weighted by Crippen LogP contribution is -2.12. The van der Waals surface area contributed by atoms with Gasteiger partial charge in [-0.1, -0.05) is 17.4 Å². The number of aryl methyl sites for hydroxylation is 1. The zero-order chi connectivity index (χ0) is 16.5. The first kappa shape index (κ1) is 14.6. The number of hydrogen-bond acceptors (Lipinski definition) is 4. The molecule has 0 aliphatic carbocycles. The van der Waals surface area contributed by atoms with Gasteiger partial charge in [0.1, 0.15) is 5.82 Å². The molecule has 1 N–H and O–H groups in total. The van der Waals surface area contributed by atoms with Crippen molar-refractivity contribution >= 4 is 33.3 Å². The minimum Gasteiger partial charge on any atom is -0.307 e. The number of fused-ring (bicyclic) bond motifs is 1. The molecule has 3 heterocycles. The Hall–Kier alpha value is -2.99. The van der Waals surface area contributed by atoms with Gasteiger partial charge in [-0.05, 0) is 49.4 Å². The molecule has 0 saturated carbocycles. The van der Waals surface area contributed by atoms with E-state index in [2.05, 4.69) is 15.3 Å². The number of thiazole rings is 1. The fourth-order valence-electron chi connectivity index (χ4n) is 2.43. The molecule has 1 aromatic carbocycles. The first-order chi connectivity index (χ1) is 11.7. The molecule has 0 aliphatic rings. The van der Waals surface area contributed by atoms with Crippen molar-refractivity contribution in [1.29, 1.82) is 0 Å². The van der Waals surface area contributed by atoms with Crippen LogP contribution in [0.1, 0.15) is 16.1 Å². The molecule has 0 saturated heterocycles. The Labute approximate surface area is 142 Å². The van der Waals surface area contributed by atoms with Crippen molar-refractivity contribution in [1.82, 2.24) is 14.5 Å². The molecule has 4 rings (SSSR count). The monoisotopic (exact) mass is 334 g/mol. The van der Waals surface area contributed by atoms with E-state index in [1.165, 1.54) is 0 Å². The lowest BCUT2D eigenvalue weighted by atomic mass is 10.2. The fraction of sp³-hybridized carbons (Fsp3) is 0.0556. The number of amides is 1. The molecule has 4 aromatic rings. The largest absolute Gasteiger partial charge is 0.307 e. The van der Waals surface area contributed by atoms with Crippen molar-refractivity contribution in [3.63, 3.8) is 0 Å². The van der Waals surface area contributed by atoms with Crippen LogP contribution in [-0.2, 0) is 0 Å². The number of benzene rings is 1. The highest BCUT2D eigenvalue weighted by molar-refractivity contribution is 7.20. The van der Waals surface area contributed by atoms with Crippen LogP contribution in [0.5, 0.6) is 0 Å². The average molecular weight is 334 g/mol. The third-order valence-electron chi connectivity index (χ3n) is 3.59. The van der Waals surface area contributed by atoms with Gasteiger partial charge in [0.15, 0.2) is 5.13 Å². The minimum atomic E-state index is -0.175. The summed E-state index contributed by atoms with van der Waals surface area (Å²) in [5, 5.41) is 3.71. The van der Waals surface area contributed by atoms with Gasteiger partial charge in [0, 0.05) is 23.7 Å². The molecular weight excluding hydrogens is 320 g/mol. The molecule has 0 unspecified atom stereocenters. The minimum absolute atomic E-state index is 0.175. The van der Waals surface area contributed by atoms with Gasteiger partial charge < -0.3 is 9.88 Å². The van der Waals surface area contributed by atoms with Crippen molar-refractivity contribution < 1.29 is 4.79 Å². The molecular formula is C18H14N4OS. The summed E-state index contributed by atoms with van der Waals surface area (Å²) in [6, 6.07) is 15.0. The number of carbonyl (C=O) groups excluding carboxylic acids is 1. The highest BCUT2D eigenvalue weighted by Crippen LogP contribution is 2.26. The Morgan fingerprint density at radius 1 is 1.08 bits per heavy atom. The van der Waals surface area contributed by atoms with E-state index in [-0.39, 0.29) is 5.91 Å². The maximum absolute atomic E-state index is 12.4. The molecule has 24 heavy (non-hydrogen) atoms. The zero-order valence-electron chi connectivity index (χ0n) is 12.9. The van der Waals surface area contributed by atoms with Crippen molar-refractivity contribution in [2.45, 2.75) is 6.92 Å². The third-order valence-corrected chi connectivity index (χ3v) is 4.63. The van der Waals surface area contributed by atoms with Crippen LogP contribution in [0.3, 0.4) is 0 Å². The van der Waals surface area contributed by atoms with E-state index in [0.717, 1.165) is 21.0 Å². The number of aromatic nitrogens is 3. The number of nitrogens with one attached hydrogen (secondary N) is 1. The third kappa shape index (κ3) is 2.79. The molecule has 6 heteroatoms. The molecule has 0 aliphatic heterocycles. The van der Waals surface area contributed by atoms with Crippen LogP contribution in [-0.4, -0.2) is 20.4 Å². The second-order valence-corrected chi connectivity index (χ2v) is 6.40. The summed E-state index contributed by atoms with van der Waals surface area (Å²) in [6.07, 6.45) is 3.91. The molecule has 0 radical (unpaired) electrons. The Morgan fingerprint density at radius 2 is 1.92 bits per heavy atom. The predicted octanol–water partition coefficient (Wildman–Crippen LogP) is 4.04. The Kier molecular flexibility index (Phi) is 3.59. The van der Waals surface area contributed by atoms with E-state index in [1.807, 2.05) is 60.3 Å². The molecule has 0 bridgehead atoms. The number of pyridine rings is 1. The van der Waals surface area contributed by atoms with E-state index in [4.69, 9.17) is 0 Å². The van der Waals surface area contributed by atoms with E-state index >= 15 is 0 Å². The quantitative estimate of drug-likeness (QED) is 0.615. The summed E-state index contributed by atoms with van der Waals surface area (Å²) >= 11 is 1.55. The van der Waals surface area contributed by atoms with E-state index in [1.54, 1.807) is 23.5 Å². The average Bonchev–Trinajstić information content (AvgIpc) is 3.23. The van der Waals surface area contributed by atoms with E-state index < -0.39 is 0 Å². The van der Waals surface area contributed by atoms with Crippen LogP contribution >= 0.6 is 11.3 Å². The molecule has 0 atom stereocenters. The first-order valence-electron chi connectivity index (χ1n) is 7.48. The topological polar surface area (TPSA) is 59.8 Å². The van der Waals surface area contributed by atoms with Crippen LogP contribution in [0.25, 0.3) is 15.3 Å². The normalized spacial score (nSPS) is 10.9. The van der Waals surface area contributed by atoms with Gasteiger partial charge >= 0.3 is 0 Å². The highest BCUT2D eigenvalue weighted by Gasteiger charge is 2.11. The SMILES string of the molecule is Cc1cccc(NC(=O)c2ccc3nc(-n4cccc4)sc3c2)n1. The van der Waals surface area contributed by atoms with Gasteiger partial charge in [-0.25, -0.2) is 9.97 Å². The van der Waals surface area contributed by atoms with Gasteiger partial charge in [0.25, 0.3) is 5.91 Å². The van der Waals surface area contributed by atoms with Gasteiger partial charge in [-0.2, -0.15) is 0 Å². The van der Waals surface area contributed by atoms with E-state index in [9.17, 15) is 4.79 Å². The molecule has 1 amide bonds. The zero-order valence-corrected chi connectivity index (χ0v) is 13.7. The molecule has 0 spiro atoms. The number of carbonyl (C=O) groups is 1. The molecule has 3 aromatic heterocycles. The maximum atomic E-state index is 12.4. The summed E-state index contributed by atoms with van der Waals surface area (Å²) in [5.41, 5.74) is 2.34. The molecule has 5 nitrogen and oxygen atoms in total. The smallest absolute Gasteiger partial charge is 0.256 e. The summed E-state index contributed by atoms with van der Waals surface area (Å²) in [4.78, 5) is 21.3. The molecule has 118 valence electrons. The second kappa shape index (κ2) is 5.90. The van der Waals surface area contributed by atoms with Crippen LogP contribution in [0.4, 0.5) is 5.82 Å². The van der Waals surface area contributed by atoms with Crippen LogP contribution in [0.2, 0.25) is 0 Å². The standard InChI is InChI=1S/C18H14N4OS/c1-12-5-4-6-16(19-12)21-17(23)13-7-8-14-15(11-13)24-18(20-14)22-9-2-3-10-22/h2-11H,1H3,(H,19,21,23). The number of hydrogen-bond donors (Lipinski definition) is 1. The van der Waals surface area contributed by atoms with Gasteiger partial charge in [-0.15, -0.1) is 0 Å². The van der Waals surface area contributed by atoms with Gasteiger partial charge in [0.05, 0.1) is 10.2 Å². The van der Waals surface area contributed by atoms with Crippen molar-refractivity contribution in [3.05, 3.63) is 72.2 Å². The first-order valence-corrected chi connectivity index (χ1v) is 8.30. The Balaban J connectivity index is 1.63. The lowest BCUT2D eigenvalue weighted by molar-refractivity contribution is 0.102. The van der Waals surface area contributed by atoms with Crippen LogP contribution in [0, 0.1) is 6.92 Å². The summed E-state index contributed by atoms with van der Waals surface area (Å²) < 4.78 is 2.93.